The second-order valence-corrected chi connectivity index (χ2v) is 3.29. The van der Waals surface area contributed by atoms with Crippen molar-refractivity contribution in [2.24, 2.45) is 0 Å². The Morgan fingerprint density at radius 1 is 1.75 bits per heavy atom. The lowest BCUT2D eigenvalue weighted by Crippen LogP contribution is -2.05. The van der Waals surface area contributed by atoms with E-state index in [4.69, 9.17) is 5.11 Å². The van der Waals surface area contributed by atoms with E-state index in [2.05, 4.69) is 4.98 Å². The number of hydrogen-bond donors (Lipinski definition) is 1. The minimum absolute atomic E-state index is 0.0191. The zero-order valence-electron chi connectivity index (χ0n) is 5.92. The zero-order valence-corrected chi connectivity index (χ0v) is 8.08. The Morgan fingerprint density at radius 2 is 2.42 bits per heavy atom. The summed E-state index contributed by atoms with van der Waals surface area (Å²) in [5.41, 5.74) is -0.0191. The van der Waals surface area contributed by atoms with E-state index in [1.165, 1.54) is 12.3 Å². The predicted molar refractivity (Wildman–Crippen MR) is 48.3 cm³/mol. The van der Waals surface area contributed by atoms with Crippen LogP contribution in [0.15, 0.2) is 12.3 Å². The molecule has 0 aromatic carbocycles. The number of carboxylic acids is 1. The van der Waals surface area contributed by atoms with Crippen LogP contribution in [0.4, 0.5) is 4.39 Å². The molecule has 1 aromatic rings. The number of carboxylic acid groups (broad SMARTS) is 1. The van der Waals surface area contributed by atoms with E-state index in [0.29, 0.717) is 3.57 Å². The number of aromatic nitrogens is 1. The summed E-state index contributed by atoms with van der Waals surface area (Å²) < 4.78 is 13.4. The fourth-order valence-electron chi connectivity index (χ4n) is 0.727. The van der Waals surface area contributed by atoms with Gasteiger partial charge in [-0.3, -0.25) is 9.78 Å². The Balaban J connectivity index is 3.00. The summed E-state index contributed by atoms with van der Waals surface area (Å²) in [5.74, 6) is -1.62. The Kier molecular flexibility index (Phi) is 2.96. The summed E-state index contributed by atoms with van der Waals surface area (Å²) in [7, 11) is 0. The number of carbonyl (C=O) groups is 1. The smallest absolute Gasteiger partial charge is 0.309 e. The van der Waals surface area contributed by atoms with Crippen LogP contribution in [0.5, 0.6) is 0 Å². The highest BCUT2D eigenvalue weighted by Crippen LogP contribution is 2.12. The SMILES string of the molecule is O=C(O)Cc1nccc(I)c1F. The van der Waals surface area contributed by atoms with Crippen LogP contribution in [0.3, 0.4) is 0 Å². The van der Waals surface area contributed by atoms with Crippen LogP contribution >= 0.6 is 22.6 Å². The molecular formula is C7H5FINO2. The molecule has 0 bridgehead atoms. The monoisotopic (exact) mass is 281 g/mol. The zero-order chi connectivity index (χ0) is 9.14. The molecular weight excluding hydrogens is 276 g/mol. The lowest BCUT2D eigenvalue weighted by Gasteiger charge is -1.99. The number of nitrogens with zero attached hydrogens (tertiary/aromatic N) is 1. The molecule has 0 aliphatic rings. The van der Waals surface area contributed by atoms with E-state index in [0.717, 1.165) is 0 Å². The lowest BCUT2D eigenvalue weighted by atomic mass is 10.2. The van der Waals surface area contributed by atoms with E-state index >= 15 is 0 Å². The van der Waals surface area contributed by atoms with Crippen molar-refractivity contribution in [1.29, 1.82) is 0 Å². The molecule has 0 aliphatic heterocycles. The Bertz CT molecular complexity index is 316. The van der Waals surface area contributed by atoms with Gasteiger partial charge in [0, 0.05) is 6.20 Å². The van der Waals surface area contributed by atoms with Crippen LogP contribution in [0.2, 0.25) is 0 Å². The van der Waals surface area contributed by atoms with Gasteiger partial charge in [-0.2, -0.15) is 0 Å². The van der Waals surface area contributed by atoms with Gasteiger partial charge >= 0.3 is 5.97 Å². The van der Waals surface area contributed by atoms with Gasteiger partial charge in [-0.1, -0.05) is 0 Å². The molecule has 0 spiro atoms. The molecule has 64 valence electrons. The van der Waals surface area contributed by atoms with Crippen LogP contribution in [0, 0.1) is 9.39 Å². The van der Waals surface area contributed by atoms with Gasteiger partial charge < -0.3 is 5.11 Å². The molecule has 5 heteroatoms. The van der Waals surface area contributed by atoms with Crippen molar-refractivity contribution in [2.75, 3.05) is 0 Å². The van der Waals surface area contributed by atoms with Crippen LogP contribution in [0.1, 0.15) is 5.69 Å². The highest BCUT2D eigenvalue weighted by molar-refractivity contribution is 14.1. The van der Waals surface area contributed by atoms with Gasteiger partial charge in [0.2, 0.25) is 0 Å². The Labute approximate surface area is 81.8 Å². The molecule has 1 N–H and O–H groups in total. The van der Waals surface area contributed by atoms with Gasteiger partial charge in [0.15, 0.2) is 5.82 Å². The predicted octanol–water partition coefficient (Wildman–Crippen LogP) is 1.45. The second kappa shape index (κ2) is 3.79. The van der Waals surface area contributed by atoms with Gasteiger partial charge in [0.05, 0.1) is 15.7 Å². The normalized spacial score (nSPS) is 9.83. The second-order valence-electron chi connectivity index (χ2n) is 2.12. The topological polar surface area (TPSA) is 50.2 Å². The summed E-state index contributed by atoms with van der Waals surface area (Å²) in [6.45, 7) is 0. The van der Waals surface area contributed by atoms with Crippen molar-refractivity contribution in [3.8, 4) is 0 Å². The molecule has 0 atom stereocenters. The van der Waals surface area contributed by atoms with E-state index < -0.39 is 11.8 Å². The van der Waals surface area contributed by atoms with E-state index in [1.54, 1.807) is 22.6 Å². The first-order valence-electron chi connectivity index (χ1n) is 3.12. The van der Waals surface area contributed by atoms with Crippen molar-refractivity contribution in [3.63, 3.8) is 0 Å². The molecule has 0 radical (unpaired) electrons. The first-order valence-corrected chi connectivity index (χ1v) is 4.20. The minimum Gasteiger partial charge on any atom is -0.481 e. The average Bonchev–Trinajstić information content (AvgIpc) is 1.98. The molecule has 0 fully saturated rings. The number of hydrogen-bond acceptors (Lipinski definition) is 2. The molecule has 1 rings (SSSR count). The molecule has 0 amide bonds. The molecule has 0 aliphatic carbocycles. The molecule has 12 heavy (non-hydrogen) atoms. The fourth-order valence-corrected chi connectivity index (χ4v) is 1.20. The molecule has 1 heterocycles. The highest BCUT2D eigenvalue weighted by atomic mass is 127. The standard InChI is InChI=1S/C7H5FINO2/c8-7-4(9)1-2-10-5(7)3-6(11)12/h1-2H,3H2,(H,11,12). The maximum Gasteiger partial charge on any atom is 0.309 e. The summed E-state index contributed by atoms with van der Waals surface area (Å²) in [4.78, 5) is 13.8. The number of aliphatic carboxylic acids is 1. The molecule has 1 aromatic heterocycles. The maximum atomic E-state index is 13.0. The van der Waals surface area contributed by atoms with Gasteiger partial charge in [-0.05, 0) is 28.7 Å². The molecule has 0 saturated heterocycles. The van der Waals surface area contributed by atoms with E-state index in [-0.39, 0.29) is 12.1 Å². The van der Waals surface area contributed by atoms with Crippen LogP contribution in [0.25, 0.3) is 0 Å². The van der Waals surface area contributed by atoms with Gasteiger partial charge in [-0.25, -0.2) is 4.39 Å². The summed E-state index contributed by atoms with van der Waals surface area (Å²) in [6.07, 6.45) is 1.02. The van der Waals surface area contributed by atoms with Crippen molar-refractivity contribution in [1.82, 2.24) is 4.98 Å². The summed E-state index contributed by atoms with van der Waals surface area (Å²) in [5, 5.41) is 8.37. The van der Waals surface area contributed by atoms with Crippen molar-refractivity contribution in [2.45, 2.75) is 6.42 Å². The lowest BCUT2D eigenvalue weighted by molar-refractivity contribution is -0.136. The van der Waals surface area contributed by atoms with Gasteiger partial charge in [0.25, 0.3) is 0 Å². The average molecular weight is 281 g/mol. The Morgan fingerprint density at radius 3 is 3.00 bits per heavy atom. The molecule has 0 saturated carbocycles. The van der Waals surface area contributed by atoms with Crippen molar-refractivity contribution in [3.05, 3.63) is 27.3 Å². The van der Waals surface area contributed by atoms with Gasteiger partial charge in [-0.15, -0.1) is 0 Å². The maximum absolute atomic E-state index is 13.0. The van der Waals surface area contributed by atoms with Gasteiger partial charge in [0.1, 0.15) is 0 Å². The number of rotatable bonds is 2. The fraction of sp³-hybridized carbons (Fsp3) is 0.143. The van der Waals surface area contributed by atoms with Crippen LogP contribution < -0.4 is 0 Å². The minimum atomic E-state index is -1.08. The van der Waals surface area contributed by atoms with Crippen LogP contribution in [-0.4, -0.2) is 16.1 Å². The van der Waals surface area contributed by atoms with E-state index in [1.807, 2.05) is 0 Å². The van der Waals surface area contributed by atoms with E-state index in [9.17, 15) is 9.18 Å². The number of pyridine rings is 1. The highest BCUT2D eigenvalue weighted by Gasteiger charge is 2.10. The van der Waals surface area contributed by atoms with Crippen molar-refractivity contribution < 1.29 is 14.3 Å². The molecule has 3 nitrogen and oxygen atoms in total. The largest absolute Gasteiger partial charge is 0.481 e. The van der Waals surface area contributed by atoms with Crippen molar-refractivity contribution >= 4 is 28.6 Å². The first-order chi connectivity index (χ1) is 5.61. The third-order valence-electron chi connectivity index (χ3n) is 1.23. The first kappa shape index (κ1) is 9.37. The summed E-state index contributed by atoms with van der Waals surface area (Å²) in [6, 6.07) is 1.49. The Hall–Kier alpha value is -0.720. The quantitative estimate of drug-likeness (QED) is 0.835. The van der Waals surface area contributed by atoms with Crippen LogP contribution in [-0.2, 0) is 11.2 Å². The number of halogens is 2. The third-order valence-corrected chi connectivity index (χ3v) is 2.07. The third kappa shape index (κ3) is 2.13. The summed E-state index contributed by atoms with van der Waals surface area (Å²) >= 11 is 1.79. The molecule has 0 unspecified atom stereocenters.